The van der Waals surface area contributed by atoms with Gasteiger partial charge in [-0.1, -0.05) is 0 Å². The molecule has 2 rings (SSSR count). The van der Waals surface area contributed by atoms with Crippen LogP contribution in [0.25, 0.3) is 0 Å². The summed E-state index contributed by atoms with van der Waals surface area (Å²) in [6.07, 6.45) is 2.24. The minimum atomic E-state index is -3.14. The molecule has 2 fully saturated rings. The van der Waals surface area contributed by atoms with Crippen molar-refractivity contribution < 1.29 is 22.7 Å². The molecular formula is C13H24N2O5S. The van der Waals surface area contributed by atoms with Gasteiger partial charge in [-0.2, -0.15) is 0 Å². The van der Waals surface area contributed by atoms with Crippen LogP contribution in [0.2, 0.25) is 0 Å². The Morgan fingerprint density at radius 1 is 1.48 bits per heavy atom. The Morgan fingerprint density at radius 3 is 2.90 bits per heavy atom. The number of sulfonamides is 1. The number of carbonyl (C=O) groups excluding carboxylic acids is 1. The molecule has 0 aliphatic carbocycles. The normalized spacial score (nSPS) is 30.1. The molecule has 0 aromatic carbocycles. The average molecular weight is 320 g/mol. The number of hydrogen-bond acceptors (Lipinski definition) is 5. The summed E-state index contributed by atoms with van der Waals surface area (Å²) >= 11 is 0. The number of ether oxygens (including phenoxy) is 2. The third-order valence-corrected chi connectivity index (χ3v) is 5.51. The quantitative estimate of drug-likeness (QED) is 0.663. The largest absolute Gasteiger partial charge is 0.383 e. The first-order chi connectivity index (χ1) is 9.91. The monoisotopic (exact) mass is 320 g/mol. The van der Waals surface area contributed by atoms with Gasteiger partial charge in [0.15, 0.2) is 0 Å². The molecule has 0 bridgehead atoms. The Morgan fingerprint density at radius 2 is 2.24 bits per heavy atom. The molecule has 0 unspecified atom stereocenters. The summed E-state index contributed by atoms with van der Waals surface area (Å²) in [7, 11) is -1.55. The summed E-state index contributed by atoms with van der Waals surface area (Å²) in [5, 5.41) is 2.79. The van der Waals surface area contributed by atoms with Gasteiger partial charge >= 0.3 is 0 Å². The number of rotatable bonds is 6. The topological polar surface area (TPSA) is 84.9 Å². The number of methoxy groups -OCH3 is 1. The second-order valence-electron chi connectivity index (χ2n) is 5.75. The van der Waals surface area contributed by atoms with Crippen LogP contribution >= 0.6 is 0 Å². The van der Waals surface area contributed by atoms with Crippen molar-refractivity contribution in [3.63, 3.8) is 0 Å². The highest BCUT2D eigenvalue weighted by molar-refractivity contribution is 7.88. The van der Waals surface area contributed by atoms with Crippen LogP contribution in [0.4, 0.5) is 0 Å². The van der Waals surface area contributed by atoms with E-state index in [0.717, 1.165) is 6.42 Å². The zero-order chi connectivity index (χ0) is 15.5. The smallest absolute Gasteiger partial charge is 0.222 e. The van der Waals surface area contributed by atoms with Crippen LogP contribution in [-0.4, -0.2) is 70.9 Å². The molecule has 2 aliphatic heterocycles. The molecule has 2 saturated heterocycles. The van der Waals surface area contributed by atoms with E-state index in [1.807, 2.05) is 0 Å². The Bertz CT molecular complexity index is 467. The lowest BCUT2D eigenvalue weighted by Gasteiger charge is -2.33. The van der Waals surface area contributed by atoms with E-state index in [1.54, 1.807) is 7.11 Å². The molecule has 8 heteroatoms. The molecule has 0 radical (unpaired) electrons. The molecule has 1 amide bonds. The summed E-state index contributed by atoms with van der Waals surface area (Å²) in [5.41, 5.74) is 0. The highest BCUT2D eigenvalue weighted by Crippen LogP contribution is 2.36. The number of hydrogen-bond donors (Lipinski definition) is 1. The molecule has 0 saturated carbocycles. The summed E-state index contributed by atoms with van der Waals surface area (Å²) in [5.74, 6) is 0.435. The zero-order valence-corrected chi connectivity index (χ0v) is 13.4. The third kappa shape index (κ3) is 4.38. The van der Waals surface area contributed by atoms with Crippen LogP contribution in [-0.2, 0) is 24.3 Å². The summed E-state index contributed by atoms with van der Waals surface area (Å²) in [6.45, 7) is 2.55. The first-order valence-corrected chi connectivity index (χ1v) is 9.09. The summed E-state index contributed by atoms with van der Waals surface area (Å²) < 4.78 is 35.3. The Balaban J connectivity index is 1.83. The van der Waals surface area contributed by atoms with Gasteiger partial charge in [0.1, 0.15) is 0 Å². The Labute approximate surface area is 126 Å². The molecule has 1 N–H and O–H groups in total. The van der Waals surface area contributed by atoms with Crippen LogP contribution in [0.5, 0.6) is 0 Å². The lowest BCUT2D eigenvalue weighted by molar-refractivity contribution is -0.123. The molecule has 122 valence electrons. The molecular weight excluding hydrogens is 296 g/mol. The minimum absolute atomic E-state index is 0.0387. The first-order valence-electron chi connectivity index (χ1n) is 7.24. The van der Waals surface area contributed by atoms with Crippen molar-refractivity contribution in [2.24, 2.45) is 11.8 Å². The van der Waals surface area contributed by atoms with Crippen molar-refractivity contribution >= 4 is 15.9 Å². The predicted octanol–water partition coefficient (Wildman–Crippen LogP) is -0.564. The van der Waals surface area contributed by atoms with Crippen molar-refractivity contribution in [1.29, 1.82) is 0 Å². The van der Waals surface area contributed by atoms with E-state index in [9.17, 15) is 13.2 Å². The van der Waals surface area contributed by atoms with Gasteiger partial charge in [0.25, 0.3) is 0 Å². The number of piperidine rings is 1. The van der Waals surface area contributed by atoms with Crippen LogP contribution < -0.4 is 5.32 Å². The number of fused-ring (bicyclic) bond motifs is 1. The fourth-order valence-corrected chi connectivity index (χ4v) is 4.01. The Kier molecular flexibility index (Phi) is 5.59. The van der Waals surface area contributed by atoms with E-state index in [4.69, 9.17) is 9.47 Å². The lowest BCUT2D eigenvalue weighted by atomic mass is 9.84. The van der Waals surface area contributed by atoms with E-state index in [-0.39, 0.29) is 23.8 Å². The van der Waals surface area contributed by atoms with Crippen molar-refractivity contribution in [3.05, 3.63) is 0 Å². The number of nitrogens with zero attached hydrogens (tertiary/aromatic N) is 1. The predicted molar refractivity (Wildman–Crippen MR) is 77.3 cm³/mol. The van der Waals surface area contributed by atoms with Gasteiger partial charge in [0.05, 0.1) is 32.0 Å². The molecule has 0 aromatic heterocycles. The van der Waals surface area contributed by atoms with E-state index in [2.05, 4.69) is 5.32 Å². The molecule has 2 aliphatic rings. The minimum Gasteiger partial charge on any atom is -0.383 e. The molecule has 2 heterocycles. The zero-order valence-electron chi connectivity index (χ0n) is 12.6. The first kappa shape index (κ1) is 16.7. The van der Waals surface area contributed by atoms with Crippen LogP contribution in [0.3, 0.4) is 0 Å². The fourth-order valence-electron chi connectivity index (χ4n) is 3.11. The highest BCUT2D eigenvalue weighted by Gasteiger charge is 2.43. The van der Waals surface area contributed by atoms with E-state index < -0.39 is 10.0 Å². The van der Waals surface area contributed by atoms with Crippen LogP contribution in [0.15, 0.2) is 0 Å². The van der Waals surface area contributed by atoms with Gasteiger partial charge in [-0.05, 0) is 12.3 Å². The van der Waals surface area contributed by atoms with Crippen molar-refractivity contribution in [3.8, 4) is 0 Å². The molecule has 21 heavy (non-hydrogen) atoms. The van der Waals surface area contributed by atoms with Crippen molar-refractivity contribution in [1.82, 2.24) is 9.62 Å². The maximum absolute atomic E-state index is 11.8. The van der Waals surface area contributed by atoms with Gasteiger partial charge in [0.2, 0.25) is 15.9 Å². The number of amides is 1. The third-order valence-electron chi connectivity index (χ3n) is 4.24. The van der Waals surface area contributed by atoms with Crippen LogP contribution in [0.1, 0.15) is 12.8 Å². The standard InChI is InChI=1S/C13H24N2O5S/c1-19-6-4-14-13(16)7-12-11-3-5-15(21(2,17)18)8-10(11)9-20-12/h10-12H,3-9H2,1-2H3,(H,14,16)/t10-,11-,12-/m0/s1. The molecule has 0 aromatic rings. The maximum Gasteiger partial charge on any atom is 0.222 e. The van der Waals surface area contributed by atoms with Gasteiger partial charge in [-0.3, -0.25) is 4.79 Å². The molecule has 7 nitrogen and oxygen atoms in total. The van der Waals surface area contributed by atoms with Crippen LogP contribution in [0, 0.1) is 11.8 Å². The van der Waals surface area contributed by atoms with Gasteiger partial charge in [0, 0.05) is 32.7 Å². The average Bonchev–Trinajstić information content (AvgIpc) is 2.80. The molecule has 3 atom stereocenters. The van der Waals surface area contributed by atoms with Gasteiger partial charge in [-0.25, -0.2) is 12.7 Å². The van der Waals surface area contributed by atoms with Crippen molar-refractivity contribution in [2.75, 3.05) is 46.2 Å². The van der Waals surface area contributed by atoms with E-state index >= 15 is 0 Å². The summed E-state index contributed by atoms with van der Waals surface area (Å²) in [6, 6.07) is 0. The maximum atomic E-state index is 11.8. The van der Waals surface area contributed by atoms with Gasteiger partial charge < -0.3 is 14.8 Å². The number of nitrogens with one attached hydrogen (secondary N) is 1. The highest BCUT2D eigenvalue weighted by atomic mass is 32.2. The fraction of sp³-hybridized carbons (Fsp3) is 0.923. The second kappa shape index (κ2) is 7.04. The van der Waals surface area contributed by atoms with Crippen molar-refractivity contribution in [2.45, 2.75) is 18.9 Å². The molecule has 0 spiro atoms. The van der Waals surface area contributed by atoms with Gasteiger partial charge in [-0.15, -0.1) is 0 Å². The van der Waals surface area contributed by atoms with E-state index in [1.165, 1.54) is 10.6 Å². The second-order valence-corrected chi connectivity index (χ2v) is 7.73. The number of carbonyl (C=O) groups is 1. The van der Waals surface area contributed by atoms with E-state index in [0.29, 0.717) is 39.3 Å². The summed E-state index contributed by atoms with van der Waals surface area (Å²) in [4.78, 5) is 11.8. The Hall–Kier alpha value is -0.700. The SMILES string of the molecule is COCCNC(=O)C[C@@H]1OC[C@@H]2CN(S(C)(=O)=O)CC[C@@H]21. The lowest BCUT2D eigenvalue weighted by Crippen LogP contribution is -2.44.